The van der Waals surface area contributed by atoms with Crippen LogP contribution in [0.2, 0.25) is 0 Å². The Morgan fingerprint density at radius 3 is 2.81 bits per heavy atom. The van der Waals surface area contributed by atoms with Crippen LogP contribution in [0.25, 0.3) is 0 Å². The van der Waals surface area contributed by atoms with Gasteiger partial charge in [0.15, 0.2) is 10.6 Å². The van der Waals surface area contributed by atoms with Crippen LogP contribution in [0.15, 0.2) is 0 Å². The molecule has 0 atom stereocenters. The fourth-order valence-electron chi connectivity index (χ4n) is 1.44. The lowest BCUT2D eigenvalue weighted by atomic mass is 10.3. The predicted octanol–water partition coefficient (Wildman–Crippen LogP) is 1.16. The number of nitrogens with one attached hydrogen (secondary N) is 1. The topological polar surface area (TPSA) is 57.1 Å². The Hall–Kier alpha value is -0.720. The van der Waals surface area contributed by atoms with E-state index >= 15 is 0 Å². The van der Waals surface area contributed by atoms with E-state index in [1.54, 1.807) is 0 Å². The van der Waals surface area contributed by atoms with Crippen molar-refractivity contribution in [1.82, 2.24) is 19.7 Å². The summed E-state index contributed by atoms with van der Waals surface area (Å²) in [4.78, 5) is 2.28. The van der Waals surface area contributed by atoms with Gasteiger partial charge in [-0.25, -0.2) is 0 Å². The van der Waals surface area contributed by atoms with Gasteiger partial charge in [0, 0.05) is 12.6 Å². The summed E-state index contributed by atoms with van der Waals surface area (Å²) >= 11 is 5.09. The Balaban J connectivity index is 2.48. The van der Waals surface area contributed by atoms with Gasteiger partial charge in [-0.05, 0) is 46.1 Å². The summed E-state index contributed by atoms with van der Waals surface area (Å²) in [7, 11) is 2.10. The van der Waals surface area contributed by atoms with Crippen LogP contribution in [0.5, 0.6) is 0 Å². The molecule has 0 aliphatic rings. The molecule has 6 heteroatoms. The fourth-order valence-corrected chi connectivity index (χ4v) is 1.68. The molecule has 1 heterocycles. The fraction of sp³-hybridized carbons (Fsp3) is 0.800. The molecule has 0 saturated carbocycles. The van der Waals surface area contributed by atoms with Crippen LogP contribution >= 0.6 is 12.2 Å². The molecule has 0 spiro atoms. The van der Waals surface area contributed by atoms with Crippen LogP contribution in [0.1, 0.15) is 26.1 Å². The van der Waals surface area contributed by atoms with Gasteiger partial charge < -0.3 is 14.6 Å². The number of aromatic nitrogens is 3. The van der Waals surface area contributed by atoms with Gasteiger partial charge in [0.05, 0.1) is 0 Å². The third kappa shape index (κ3) is 3.40. The SMILES string of the molecule is CC(C)N(C)CCCn1c(CO)n[nH]c1=S. The molecule has 1 rings (SSSR count). The highest BCUT2D eigenvalue weighted by Crippen LogP contribution is 2.02. The molecular weight excluding hydrogens is 224 g/mol. The first-order valence-corrected chi connectivity index (χ1v) is 5.92. The highest BCUT2D eigenvalue weighted by molar-refractivity contribution is 7.71. The Labute approximate surface area is 101 Å². The Morgan fingerprint density at radius 2 is 2.25 bits per heavy atom. The van der Waals surface area contributed by atoms with Crippen molar-refractivity contribution in [2.75, 3.05) is 13.6 Å². The predicted molar refractivity (Wildman–Crippen MR) is 65.7 cm³/mol. The Morgan fingerprint density at radius 1 is 1.56 bits per heavy atom. The van der Waals surface area contributed by atoms with Crippen molar-refractivity contribution in [3.05, 3.63) is 10.6 Å². The number of H-pyrrole nitrogens is 1. The summed E-state index contributed by atoms with van der Waals surface area (Å²) < 4.78 is 2.43. The zero-order valence-electron chi connectivity index (χ0n) is 10.1. The number of aromatic amines is 1. The molecule has 0 fully saturated rings. The minimum absolute atomic E-state index is 0.0762. The molecule has 1 aromatic heterocycles. The van der Waals surface area contributed by atoms with Crippen molar-refractivity contribution in [2.24, 2.45) is 0 Å². The third-order valence-corrected chi connectivity index (χ3v) is 3.06. The van der Waals surface area contributed by atoms with E-state index in [0.717, 1.165) is 19.5 Å². The minimum atomic E-state index is -0.0762. The van der Waals surface area contributed by atoms with E-state index in [9.17, 15) is 0 Å². The molecule has 1 aromatic rings. The number of hydrogen-bond donors (Lipinski definition) is 2. The average Bonchev–Trinajstić information content (AvgIpc) is 2.59. The van der Waals surface area contributed by atoms with E-state index in [1.807, 2.05) is 4.57 Å². The molecule has 0 bridgehead atoms. The molecule has 0 unspecified atom stereocenters. The van der Waals surface area contributed by atoms with Crippen molar-refractivity contribution in [3.63, 3.8) is 0 Å². The second-order valence-corrected chi connectivity index (χ2v) is 4.57. The van der Waals surface area contributed by atoms with Crippen LogP contribution < -0.4 is 0 Å². The summed E-state index contributed by atoms with van der Waals surface area (Å²) in [6.45, 7) is 6.07. The molecule has 0 saturated heterocycles. The van der Waals surface area contributed by atoms with E-state index < -0.39 is 0 Å². The van der Waals surface area contributed by atoms with Crippen molar-refractivity contribution in [1.29, 1.82) is 0 Å². The molecular formula is C10H20N4OS. The van der Waals surface area contributed by atoms with Crippen molar-refractivity contribution in [2.45, 2.75) is 39.5 Å². The molecule has 16 heavy (non-hydrogen) atoms. The van der Waals surface area contributed by atoms with Crippen LogP contribution in [-0.2, 0) is 13.2 Å². The maximum atomic E-state index is 9.07. The lowest BCUT2D eigenvalue weighted by molar-refractivity contribution is 0.252. The first-order chi connectivity index (χ1) is 7.56. The molecule has 2 N–H and O–H groups in total. The zero-order chi connectivity index (χ0) is 12.1. The van der Waals surface area contributed by atoms with Gasteiger partial charge in [0.2, 0.25) is 0 Å². The van der Waals surface area contributed by atoms with Gasteiger partial charge in [-0.3, -0.25) is 5.10 Å². The first-order valence-electron chi connectivity index (χ1n) is 5.51. The van der Waals surface area contributed by atoms with Crippen LogP contribution in [0, 0.1) is 4.77 Å². The molecule has 0 amide bonds. The number of nitrogens with zero attached hydrogens (tertiary/aromatic N) is 3. The monoisotopic (exact) mass is 244 g/mol. The van der Waals surface area contributed by atoms with E-state index in [4.69, 9.17) is 17.3 Å². The average molecular weight is 244 g/mol. The van der Waals surface area contributed by atoms with E-state index in [-0.39, 0.29) is 6.61 Å². The lowest BCUT2D eigenvalue weighted by Gasteiger charge is -2.20. The molecule has 92 valence electrons. The van der Waals surface area contributed by atoms with E-state index in [2.05, 4.69) is 36.0 Å². The second kappa shape index (κ2) is 6.12. The Kier molecular flexibility index (Phi) is 5.11. The van der Waals surface area contributed by atoms with Gasteiger partial charge in [0.25, 0.3) is 0 Å². The van der Waals surface area contributed by atoms with Crippen molar-refractivity contribution >= 4 is 12.2 Å². The lowest BCUT2D eigenvalue weighted by Crippen LogP contribution is -2.28. The van der Waals surface area contributed by atoms with Crippen LogP contribution in [0.3, 0.4) is 0 Å². The van der Waals surface area contributed by atoms with Gasteiger partial charge in [-0.15, -0.1) is 0 Å². The number of aliphatic hydroxyl groups is 1. The minimum Gasteiger partial charge on any atom is -0.388 e. The van der Waals surface area contributed by atoms with Crippen molar-refractivity contribution in [3.8, 4) is 0 Å². The summed E-state index contributed by atoms with van der Waals surface area (Å²) in [5.41, 5.74) is 0. The van der Waals surface area contributed by atoms with Gasteiger partial charge in [0.1, 0.15) is 6.61 Å². The Bertz CT molecular complexity index is 371. The summed E-state index contributed by atoms with van der Waals surface area (Å²) in [5.74, 6) is 0.609. The standard InChI is InChI=1S/C10H20N4OS/c1-8(2)13(3)5-4-6-14-9(7-15)11-12-10(14)16/h8,15H,4-7H2,1-3H3,(H,12,16). The van der Waals surface area contributed by atoms with Gasteiger partial charge in [-0.1, -0.05) is 0 Å². The van der Waals surface area contributed by atoms with Gasteiger partial charge in [-0.2, -0.15) is 5.10 Å². The van der Waals surface area contributed by atoms with Crippen LogP contribution in [0.4, 0.5) is 0 Å². The van der Waals surface area contributed by atoms with E-state index in [0.29, 0.717) is 16.6 Å². The molecule has 0 aliphatic carbocycles. The molecule has 0 aliphatic heterocycles. The third-order valence-electron chi connectivity index (χ3n) is 2.75. The second-order valence-electron chi connectivity index (χ2n) is 4.18. The maximum Gasteiger partial charge on any atom is 0.195 e. The highest BCUT2D eigenvalue weighted by atomic mass is 32.1. The van der Waals surface area contributed by atoms with E-state index in [1.165, 1.54) is 0 Å². The highest BCUT2D eigenvalue weighted by Gasteiger charge is 2.06. The number of aliphatic hydroxyl groups excluding tert-OH is 1. The molecule has 5 nitrogen and oxygen atoms in total. The number of rotatable bonds is 6. The molecule has 0 radical (unpaired) electrons. The van der Waals surface area contributed by atoms with Crippen molar-refractivity contribution < 1.29 is 5.11 Å². The van der Waals surface area contributed by atoms with Crippen LogP contribution in [-0.4, -0.2) is 44.4 Å². The maximum absolute atomic E-state index is 9.07. The summed E-state index contributed by atoms with van der Waals surface area (Å²) in [6, 6.07) is 0.551. The normalized spacial score (nSPS) is 11.6. The smallest absolute Gasteiger partial charge is 0.195 e. The van der Waals surface area contributed by atoms with Gasteiger partial charge >= 0.3 is 0 Å². The first kappa shape index (κ1) is 13.3. The number of hydrogen-bond acceptors (Lipinski definition) is 4. The summed E-state index contributed by atoms with van der Waals surface area (Å²) in [6.07, 6.45) is 0.996. The largest absolute Gasteiger partial charge is 0.388 e. The quantitative estimate of drug-likeness (QED) is 0.737. The summed E-state index contributed by atoms with van der Waals surface area (Å²) in [5, 5.41) is 15.7. The molecule has 0 aromatic carbocycles. The zero-order valence-corrected chi connectivity index (χ0v) is 10.9.